The summed E-state index contributed by atoms with van der Waals surface area (Å²) in [6.07, 6.45) is 0.262. The predicted molar refractivity (Wildman–Crippen MR) is 99.5 cm³/mol. The second-order valence-corrected chi connectivity index (χ2v) is 5.64. The van der Waals surface area contributed by atoms with Crippen molar-refractivity contribution < 1.29 is 23.8 Å². The van der Waals surface area contributed by atoms with E-state index in [1.165, 1.54) is 12.0 Å². The van der Waals surface area contributed by atoms with E-state index in [1.807, 2.05) is 0 Å². The molecule has 138 valence electrons. The minimum Gasteiger partial charge on any atom is -0.497 e. The number of hydrogen-bond donors (Lipinski definition) is 0. The van der Waals surface area contributed by atoms with Crippen molar-refractivity contribution in [3.05, 3.63) is 48.0 Å². The Kier molecular flexibility index (Phi) is 6.60. The lowest BCUT2D eigenvalue weighted by atomic mass is 10.1. The zero-order valence-corrected chi connectivity index (χ0v) is 15.4. The Hall–Kier alpha value is -3.02. The molecule has 0 aliphatic heterocycles. The molecular weight excluding hydrogens is 334 g/mol. The zero-order valence-electron chi connectivity index (χ0n) is 15.4. The van der Waals surface area contributed by atoms with Gasteiger partial charge in [-0.25, -0.2) is 0 Å². The van der Waals surface area contributed by atoms with E-state index >= 15 is 0 Å². The van der Waals surface area contributed by atoms with Crippen LogP contribution in [0.15, 0.2) is 42.5 Å². The summed E-state index contributed by atoms with van der Waals surface area (Å²) < 4.78 is 15.5. The average molecular weight is 357 g/mol. The fourth-order valence-corrected chi connectivity index (χ4v) is 2.49. The van der Waals surface area contributed by atoms with Crippen molar-refractivity contribution in [3.63, 3.8) is 0 Å². The number of hydrogen-bond acceptors (Lipinski definition) is 5. The molecule has 2 aromatic rings. The van der Waals surface area contributed by atoms with Gasteiger partial charge in [0.05, 0.1) is 21.3 Å². The van der Waals surface area contributed by atoms with Gasteiger partial charge in [-0.1, -0.05) is 0 Å². The summed E-state index contributed by atoms with van der Waals surface area (Å²) in [5.74, 6) is 1.58. The monoisotopic (exact) mass is 357 g/mol. The Morgan fingerprint density at radius 2 is 1.50 bits per heavy atom. The molecule has 0 saturated heterocycles. The fourth-order valence-electron chi connectivity index (χ4n) is 2.49. The van der Waals surface area contributed by atoms with Gasteiger partial charge in [-0.2, -0.15) is 0 Å². The van der Waals surface area contributed by atoms with Crippen LogP contribution in [0.2, 0.25) is 0 Å². The summed E-state index contributed by atoms with van der Waals surface area (Å²) in [4.78, 5) is 26.2. The molecule has 0 saturated carbocycles. The van der Waals surface area contributed by atoms with Crippen molar-refractivity contribution in [2.75, 3.05) is 33.3 Å². The number of methoxy groups -OCH3 is 3. The summed E-state index contributed by atoms with van der Waals surface area (Å²) in [6, 6.07) is 12.1. The van der Waals surface area contributed by atoms with Gasteiger partial charge in [-0.15, -0.1) is 0 Å². The fraction of sp³-hybridized carbons (Fsp3) is 0.300. The molecule has 0 heterocycles. The van der Waals surface area contributed by atoms with Crippen LogP contribution in [0.1, 0.15) is 23.2 Å². The Morgan fingerprint density at radius 1 is 0.846 bits per heavy atom. The molecule has 0 radical (unpaired) electrons. The molecule has 2 aromatic carbocycles. The maximum Gasteiger partial charge on any atom is 0.227 e. The van der Waals surface area contributed by atoms with E-state index < -0.39 is 0 Å². The van der Waals surface area contributed by atoms with Crippen molar-refractivity contribution in [3.8, 4) is 17.2 Å². The average Bonchev–Trinajstić information content (AvgIpc) is 2.70. The number of carbonyl (C=O) groups is 2. The smallest absolute Gasteiger partial charge is 0.227 e. The molecule has 0 fully saturated rings. The number of anilines is 1. The van der Waals surface area contributed by atoms with E-state index in [4.69, 9.17) is 14.2 Å². The molecule has 6 heteroatoms. The van der Waals surface area contributed by atoms with Crippen molar-refractivity contribution in [1.82, 2.24) is 0 Å². The Morgan fingerprint density at radius 3 is 2.08 bits per heavy atom. The molecule has 0 spiro atoms. The molecule has 0 aromatic heterocycles. The van der Waals surface area contributed by atoms with Gasteiger partial charge in [0, 0.05) is 37.2 Å². The summed E-state index contributed by atoms with van der Waals surface area (Å²) in [7, 11) is 6.33. The first kappa shape index (κ1) is 19.3. The molecule has 0 atom stereocenters. The summed E-state index contributed by atoms with van der Waals surface area (Å²) >= 11 is 0. The third-order valence-electron chi connectivity index (χ3n) is 4.11. The Bertz CT molecular complexity index is 770. The van der Waals surface area contributed by atoms with Crippen LogP contribution in [0.5, 0.6) is 17.2 Å². The number of benzene rings is 2. The highest BCUT2D eigenvalue weighted by atomic mass is 16.5. The number of nitrogens with zero attached hydrogens (tertiary/aromatic N) is 1. The van der Waals surface area contributed by atoms with Crippen LogP contribution in [-0.4, -0.2) is 40.1 Å². The maximum atomic E-state index is 12.4. The molecule has 26 heavy (non-hydrogen) atoms. The number of rotatable bonds is 8. The van der Waals surface area contributed by atoms with Crippen LogP contribution in [0.4, 0.5) is 5.69 Å². The maximum absolute atomic E-state index is 12.4. The summed E-state index contributed by atoms with van der Waals surface area (Å²) in [6.45, 7) is 0. The number of ether oxygens (including phenoxy) is 3. The van der Waals surface area contributed by atoms with Crippen LogP contribution < -0.4 is 19.1 Å². The van der Waals surface area contributed by atoms with Crippen LogP contribution >= 0.6 is 0 Å². The van der Waals surface area contributed by atoms with E-state index in [9.17, 15) is 9.59 Å². The lowest BCUT2D eigenvalue weighted by Crippen LogP contribution is -2.26. The van der Waals surface area contributed by atoms with Gasteiger partial charge in [-0.3, -0.25) is 9.59 Å². The molecule has 0 bridgehead atoms. The Labute approximate surface area is 153 Å². The van der Waals surface area contributed by atoms with Crippen molar-refractivity contribution >= 4 is 17.4 Å². The third kappa shape index (κ3) is 4.53. The topological polar surface area (TPSA) is 65.1 Å². The van der Waals surface area contributed by atoms with Gasteiger partial charge in [0.25, 0.3) is 0 Å². The van der Waals surface area contributed by atoms with Gasteiger partial charge < -0.3 is 19.1 Å². The molecule has 0 N–H and O–H groups in total. The lowest BCUT2D eigenvalue weighted by Gasteiger charge is -2.19. The molecule has 0 aliphatic carbocycles. The largest absolute Gasteiger partial charge is 0.497 e. The first-order chi connectivity index (χ1) is 12.5. The van der Waals surface area contributed by atoms with E-state index in [0.29, 0.717) is 28.5 Å². The summed E-state index contributed by atoms with van der Waals surface area (Å²) in [5, 5.41) is 0. The van der Waals surface area contributed by atoms with Crippen molar-refractivity contribution in [2.24, 2.45) is 0 Å². The van der Waals surface area contributed by atoms with E-state index in [0.717, 1.165) is 0 Å². The van der Waals surface area contributed by atoms with Crippen molar-refractivity contribution in [2.45, 2.75) is 12.8 Å². The molecule has 0 unspecified atom stereocenters. The number of amides is 1. The third-order valence-corrected chi connectivity index (χ3v) is 4.11. The highest BCUT2D eigenvalue weighted by Crippen LogP contribution is 2.31. The van der Waals surface area contributed by atoms with E-state index in [1.54, 1.807) is 63.7 Å². The molecule has 2 rings (SSSR count). The van der Waals surface area contributed by atoms with E-state index in [-0.39, 0.29) is 24.5 Å². The predicted octanol–water partition coefficient (Wildman–Crippen LogP) is 3.34. The van der Waals surface area contributed by atoms with E-state index in [2.05, 4.69) is 0 Å². The molecule has 1 amide bonds. The van der Waals surface area contributed by atoms with Crippen LogP contribution in [-0.2, 0) is 4.79 Å². The SMILES string of the molecule is COc1ccc(C(=O)CCC(=O)N(C)c2ccc(OC)c(OC)c2)cc1. The lowest BCUT2D eigenvalue weighted by molar-refractivity contribution is -0.118. The number of ketones is 1. The first-order valence-electron chi connectivity index (χ1n) is 8.16. The van der Waals surface area contributed by atoms with Crippen LogP contribution in [0.3, 0.4) is 0 Å². The van der Waals surface area contributed by atoms with Crippen molar-refractivity contribution in [1.29, 1.82) is 0 Å². The minimum atomic E-state index is -0.154. The van der Waals surface area contributed by atoms with Gasteiger partial charge >= 0.3 is 0 Å². The summed E-state index contributed by atoms with van der Waals surface area (Å²) in [5.41, 5.74) is 1.23. The standard InChI is InChI=1S/C20H23NO5/c1-21(15-7-11-18(25-3)19(13-15)26-4)20(23)12-10-17(22)14-5-8-16(24-2)9-6-14/h5-9,11,13H,10,12H2,1-4H3. The van der Waals surface area contributed by atoms with Gasteiger partial charge in [-0.05, 0) is 36.4 Å². The second kappa shape index (κ2) is 8.89. The number of carbonyl (C=O) groups excluding carboxylic acids is 2. The molecule has 6 nitrogen and oxygen atoms in total. The quantitative estimate of drug-likeness (QED) is 0.678. The number of Topliss-reactive ketones (excluding diaryl/α,β-unsaturated/α-hetero) is 1. The Balaban J connectivity index is 1.99. The molecule has 0 aliphatic rings. The molecular formula is C20H23NO5. The second-order valence-electron chi connectivity index (χ2n) is 5.64. The first-order valence-corrected chi connectivity index (χ1v) is 8.16. The van der Waals surface area contributed by atoms with Crippen LogP contribution in [0.25, 0.3) is 0 Å². The van der Waals surface area contributed by atoms with Gasteiger partial charge in [0.2, 0.25) is 5.91 Å². The minimum absolute atomic E-state index is 0.0817. The highest BCUT2D eigenvalue weighted by molar-refractivity contribution is 6.00. The zero-order chi connectivity index (χ0) is 19.1. The highest BCUT2D eigenvalue weighted by Gasteiger charge is 2.16. The van der Waals surface area contributed by atoms with Gasteiger partial charge in [0.15, 0.2) is 17.3 Å². The van der Waals surface area contributed by atoms with Crippen LogP contribution in [0, 0.1) is 0 Å². The normalized spacial score (nSPS) is 10.2. The van der Waals surface area contributed by atoms with Gasteiger partial charge in [0.1, 0.15) is 5.75 Å².